The fourth-order valence-electron chi connectivity index (χ4n) is 3.68. The molecule has 1 atom stereocenters. The van der Waals surface area contributed by atoms with E-state index in [-0.39, 0.29) is 18.4 Å². The average molecular weight is 445 g/mol. The first-order valence-corrected chi connectivity index (χ1v) is 11.3. The summed E-state index contributed by atoms with van der Waals surface area (Å²) in [5, 5.41) is 2.72. The summed E-state index contributed by atoms with van der Waals surface area (Å²) >= 11 is 0. The molecule has 0 aliphatic heterocycles. The normalized spacial score (nSPS) is 11.6. The second kappa shape index (κ2) is 11.9. The summed E-state index contributed by atoms with van der Waals surface area (Å²) in [4.78, 5) is 27.9. The number of nitrogens with one attached hydrogen (secondary N) is 1. The Hall–Kier alpha value is -3.60. The van der Waals surface area contributed by atoms with Crippen LogP contribution < -0.4 is 10.1 Å². The summed E-state index contributed by atoms with van der Waals surface area (Å²) in [5.74, 6) is 0.612. The lowest BCUT2D eigenvalue weighted by Crippen LogP contribution is -2.51. The number of ether oxygens (including phenoxy) is 1. The van der Waals surface area contributed by atoms with Crippen molar-refractivity contribution in [1.82, 2.24) is 10.2 Å². The Labute approximate surface area is 196 Å². The van der Waals surface area contributed by atoms with Crippen molar-refractivity contribution in [3.63, 3.8) is 0 Å². The topological polar surface area (TPSA) is 58.6 Å². The lowest BCUT2D eigenvalue weighted by molar-refractivity contribution is -0.142. The van der Waals surface area contributed by atoms with Crippen molar-refractivity contribution in [2.45, 2.75) is 38.8 Å². The van der Waals surface area contributed by atoms with Gasteiger partial charge in [-0.1, -0.05) is 86.6 Å². The van der Waals surface area contributed by atoms with Crippen LogP contribution in [0.3, 0.4) is 0 Å². The molecule has 5 heteroatoms. The minimum atomic E-state index is -0.656. The number of carbonyl (C=O) groups excluding carboxylic acids is 2. The van der Waals surface area contributed by atoms with Crippen molar-refractivity contribution in [2.24, 2.45) is 0 Å². The number of likely N-dealkylation sites (N-methyl/N-ethyl adjacent to an activating group) is 1. The third-order valence-electron chi connectivity index (χ3n) is 5.62. The van der Waals surface area contributed by atoms with E-state index in [0.717, 1.165) is 11.1 Å². The van der Waals surface area contributed by atoms with Gasteiger partial charge in [0.15, 0.2) is 6.61 Å². The second-order valence-electron chi connectivity index (χ2n) is 8.34. The van der Waals surface area contributed by atoms with Crippen LogP contribution in [-0.4, -0.2) is 36.4 Å². The van der Waals surface area contributed by atoms with Crippen LogP contribution in [0.2, 0.25) is 0 Å². The van der Waals surface area contributed by atoms with E-state index in [9.17, 15) is 9.59 Å². The zero-order valence-electron chi connectivity index (χ0n) is 19.5. The maximum atomic E-state index is 13.4. The lowest BCUT2D eigenvalue weighted by Gasteiger charge is -2.31. The number of rotatable bonds is 10. The zero-order chi connectivity index (χ0) is 23.6. The molecule has 5 nitrogen and oxygen atoms in total. The SMILES string of the molecule is CNC(=O)[C@@H](Cc1ccccc1)N(Cc1ccccc1)C(=O)COc1ccc(C(C)C)cc1. The molecule has 0 aromatic heterocycles. The lowest BCUT2D eigenvalue weighted by atomic mass is 10.0. The maximum absolute atomic E-state index is 13.4. The van der Waals surface area contributed by atoms with E-state index in [4.69, 9.17) is 4.74 Å². The van der Waals surface area contributed by atoms with Crippen molar-refractivity contribution >= 4 is 11.8 Å². The second-order valence-corrected chi connectivity index (χ2v) is 8.34. The molecule has 0 radical (unpaired) electrons. The highest BCUT2D eigenvalue weighted by atomic mass is 16.5. The van der Waals surface area contributed by atoms with Crippen LogP contribution in [0, 0.1) is 0 Å². The van der Waals surface area contributed by atoms with E-state index in [1.165, 1.54) is 5.56 Å². The standard InChI is InChI=1S/C28H32N2O3/c1-21(2)24-14-16-25(17-15-24)33-20-27(31)30(19-23-12-8-5-9-13-23)26(28(32)29-3)18-22-10-6-4-7-11-22/h4-17,21,26H,18-20H2,1-3H3,(H,29,32)/t26-/m1/s1. The van der Waals surface area contributed by atoms with Gasteiger partial charge < -0.3 is 15.0 Å². The minimum absolute atomic E-state index is 0.143. The molecule has 3 aromatic carbocycles. The molecule has 0 spiro atoms. The summed E-state index contributed by atoms with van der Waals surface area (Å²) in [5.41, 5.74) is 3.15. The molecule has 3 rings (SSSR count). The van der Waals surface area contributed by atoms with Crippen LogP contribution in [0.25, 0.3) is 0 Å². The van der Waals surface area contributed by atoms with Crippen LogP contribution >= 0.6 is 0 Å². The Bertz CT molecular complexity index is 1020. The predicted octanol–water partition coefficient (Wildman–Crippen LogP) is 4.57. The van der Waals surface area contributed by atoms with Gasteiger partial charge in [0, 0.05) is 20.0 Å². The molecule has 0 fully saturated rings. The Balaban J connectivity index is 1.81. The number of amides is 2. The van der Waals surface area contributed by atoms with Gasteiger partial charge in [-0.2, -0.15) is 0 Å². The van der Waals surface area contributed by atoms with E-state index in [2.05, 4.69) is 19.2 Å². The van der Waals surface area contributed by atoms with Crippen molar-refractivity contribution in [3.05, 3.63) is 102 Å². The Kier molecular flexibility index (Phi) is 8.64. The molecule has 1 N–H and O–H groups in total. The number of hydrogen-bond donors (Lipinski definition) is 1. The highest BCUT2D eigenvalue weighted by molar-refractivity contribution is 5.88. The third-order valence-corrected chi connectivity index (χ3v) is 5.62. The highest BCUT2D eigenvalue weighted by Crippen LogP contribution is 2.19. The minimum Gasteiger partial charge on any atom is -0.484 e. The van der Waals surface area contributed by atoms with Gasteiger partial charge in [0.25, 0.3) is 5.91 Å². The number of carbonyl (C=O) groups is 2. The van der Waals surface area contributed by atoms with E-state index < -0.39 is 6.04 Å². The van der Waals surface area contributed by atoms with Crippen LogP contribution in [0.4, 0.5) is 0 Å². The Morgan fingerprint density at radius 3 is 1.97 bits per heavy atom. The smallest absolute Gasteiger partial charge is 0.261 e. The Morgan fingerprint density at radius 1 is 0.848 bits per heavy atom. The van der Waals surface area contributed by atoms with Gasteiger partial charge in [-0.15, -0.1) is 0 Å². The molecule has 0 saturated carbocycles. The van der Waals surface area contributed by atoms with Crippen LogP contribution in [0.1, 0.15) is 36.5 Å². The molecule has 172 valence electrons. The first-order valence-electron chi connectivity index (χ1n) is 11.3. The molecule has 0 unspecified atom stereocenters. The largest absolute Gasteiger partial charge is 0.484 e. The quantitative estimate of drug-likeness (QED) is 0.498. The maximum Gasteiger partial charge on any atom is 0.261 e. The van der Waals surface area contributed by atoms with E-state index >= 15 is 0 Å². The molecule has 0 bridgehead atoms. The van der Waals surface area contributed by atoms with Crippen LogP contribution in [0.5, 0.6) is 5.75 Å². The number of nitrogens with zero attached hydrogens (tertiary/aromatic N) is 1. The molecular weight excluding hydrogens is 412 g/mol. The van der Waals surface area contributed by atoms with E-state index in [0.29, 0.717) is 24.6 Å². The van der Waals surface area contributed by atoms with Gasteiger partial charge in [0.2, 0.25) is 5.91 Å². The summed E-state index contributed by atoms with van der Waals surface area (Å²) in [6.07, 6.45) is 0.419. The number of benzene rings is 3. The highest BCUT2D eigenvalue weighted by Gasteiger charge is 2.30. The Morgan fingerprint density at radius 2 is 1.42 bits per heavy atom. The fourth-order valence-corrected chi connectivity index (χ4v) is 3.68. The van der Waals surface area contributed by atoms with Gasteiger partial charge in [-0.25, -0.2) is 0 Å². The molecule has 0 heterocycles. The monoisotopic (exact) mass is 444 g/mol. The average Bonchev–Trinajstić information content (AvgIpc) is 2.85. The molecule has 0 aliphatic rings. The van der Waals surface area contributed by atoms with Gasteiger partial charge in [0.05, 0.1) is 0 Å². The first-order chi connectivity index (χ1) is 16.0. The van der Waals surface area contributed by atoms with Crippen LogP contribution in [0.15, 0.2) is 84.9 Å². The van der Waals surface area contributed by atoms with E-state index in [1.54, 1.807) is 11.9 Å². The van der Waals surface area contributed by atoms with Gasteiger partial charge in [-0.05, 0) is 34.7 Å². The fraction of sp³-hybridized carbons (Fsp3) is 0.286. The van der Waals surface area contributed by atoms with Crippen molar-refractivity contribution in [2.75, 3.05) is 13.7 Å². The summed E-state index contributed by atoms with van der Waals surface area (Å²) in [6.45, 7) is 4.44. The first kappa shape index (κ1) is 24.1. The molecule has 0 saturated heterocycles. The van der Waals surface area contributed by atoms with Crippen molar-refractivity contribution in [1.29, 1.82) is 0 Å². The van der Waals surface area contributed by atoms with Gasteiger partial charge in [0.1, 0.15) is 11.8 Å². The third kappa shape index (κ3) is 6.94. The van der Waals surface area contributed by atoms with E-state index in [1.807, 2.05) is 84.9 Å². The summed E-state index contributed by atoms with van der Waals surface area (Å²) in [6, 6.07) is 26.5. The summed E-state index contributed by atoms with van der Waals surface area (Å²) < 4.78 is 5.81. The molecule has 2 amide bonds. The molecule has 3 aromatic rings. The van der Waals surface area contributed by atoms with Crippen LogP contribution in [-0.2, 0) is 22.6 Å². The molecule has 0 aliphatic carbocycles. The van der Waals surface area contributed by atoms with Crippen molar-refractivity contribution < 1.29 is 14.3 Å². The summed E-state index contributed by atoms with van der Waals surface area (Å²) in [7, 11) is 1.60. The molecule has 33 heavy (non-hydrogen) atoms. The van der Waals surface area contributed by atoms with Crippen molar-refractivity contribution in [3.8, 4) is 5.75 Å². The van der Waals surface area contributed by atoms with Gasteiger partial charge in [-0.3, -0.25) is 9.59 Å². The van der Waals surface area contributed by atoms with Gasteiger partial charge >= 0.3 is 0 Å². The number of hydrogen-bond acceptors (Lipinski definition) is 3. The molecular formula is C28H32N2O3. The predicted molar refractivity (Wildman–Crippen MR) is 131 cm³/mol. The zero-order valence-corrected chi connectivity index (χ0v) is 19.5.